The van der Waals surface area contributed by atoms with Crippen molar-refractivity contribution in [1.29, 1.82) is 0 Å². The Bertz CT molecular complexity index is 739. The van der Waals surface area contributed by atoms with Gasteiger partial charge in [0.2, 0.25) is 0 Å². The van der Waals surface area contributed by atoms with E-state index in [1.165, 1.54) is 18.9 Å². The van der Waals surface area contributed by atoms with Gasteiger partial charge in [-0.2, -0.15) is 0 Å². The number of aromatic nitrogens is 2. The number of phenolic OH excluding ortho intramolecular Hbond substituents is 1. The maximum atomic E-state index is 12.2. The molecule has 0 saturated heterocycles. The lowest BCUT2D eigenvalue weighted by Gasteiger charge is -2.12. The quantitative estimate of drug-likeness (QED) is 0.726. The normalized spacial score (nSPS) is 15.5. The lowest BCUT2D eigenvalue weighted by Crippen LogP contribution is -2.17. The molecule has 0 unspecified atom stereocenters. The Morgan fingerprint density at radius 1 is 1.33 bits per heavy atom. The van der Waals surface area contributed by atoms with Crippen LogP contribution in [0.4, 0.5) is 0 Å². The zero-order valence-corrected chi connectivity index (χ0v) is 14.1. The van der Waals surface area contributed by atoms with Crippen LogP contribution in [0.15, 0.2) is 23.0 Å². The Hall–Kier alpha value is -1.08. The summed E-state index contributed by atoms with van der Waals surface area (Å²) in [6.07, 6.45) is 4.55. The molecule has 2 aromatic rings. The fourth-order valence-corrected chi connectivity index (χ4v) is 3.61. The van der Waals surface area contributed by atoms with Gasteiger partial charge in [0, 0.05) is 11.5 Å². The number of hydrogen-bond acceptors (Lipinski definition) is 3. The van der Waals surface area contributed by atoms with Crippen molar-refractivity contribution >= 4 is 34.2 Å². The Morgan fingerprint density at radius 3 is 2.71 bits per heavy atom. The number of rotatable bonds is 2. The van der Waals surface area contributed by atoms with Crippen molar-refractivity contribution in [3.05, 3.63) is 42.8 Å². The van der Waals surface area contributed by atoms with Gasteiger partial charge in [0.1, 0.15) is 11.6 Å². The van der Waals surface area contributed by atoms with Crippen LogP contribution >= 0.6 is 34.2 Å². The summed E-state index contributed by atoms with van der Waals surface area (Å²) in [7, 11) is 0. The third kappa shape index (κ3) is 2.94. The summed E-state index contributed by atoms with van der Waals surface area (Å²) in [5.74, 6) is 0.888. The number of halogens is 2. The van der Waals surface area contributed by atoms with Gasteiger partial charge >= 0.3 is 0 Å². The first-order chi connectivity index (χ1) is 10.1. The first-order valence-corrected chi connectivity index (χ1v) is 8.30. The molecule has 21 heavy (non-hydrogen) atoms. The highest BCUT2D eigenvalue weighted by molar-refractivity contribution is 14.1. The topological polar surface area (TPSA) is 66.0 Å². The SMILES string of the molecule is O=c1[nH]c(-c2ccc(O)c(Cl)c2)nc(C2CCCC2)c1I. The van der Waals surface area contributed by atoms with Crippen molar-refractivity contribution in [2.45, 2.75) is 31.6 Å². The molecule has 6 heteroatoms. The molecule has 1 saturated carbocycles. The second-order valence-corrected chi connectivity index (χ2v) is 6.75. The maximum absolute atomic E-state index is 12.2. The van der Waals surface area contributed by atoms with Crippen LogP contribution in [-0.2, 0) is 0 Å². The fourth-order valence-electron chi connectivity index (χ4n) is 2.74. The number of phenols is 1. The number of benzene rings is 1. The van der Waals surface area contributed by atoms with Crippen LogP contribution in [0.25, 0.3) is 11.4 Å². The van der Waals surface area contributed by atoms with Crippen LogP contribution in [0, 0.1) is 3.57 Å². The Balaban J connectivity index is 2.10. The third-order valence-electron chi connectivity index (χ3n) is 3.85. The molecule has 0 radical (unpaired) electrons. The molecule has 1 fully saturated rings. The van der Waals surface area contributed by atoms with E-state index in [1.807, 2.05) is 0 Å². The summed E-state index contributed by atoms with van der Waals surface area (Å²) in [4.78, 5) is 19.6. The minimum atomic E-state index is -0.119. The zero-order valence-electron chi connectivity index (χ0n) is 11.2. The highest BCUT2D eigenvalue weighted by atomic mass is 127. The van der Waals surface area contributed by atoms with Gasteiger partial charge in [0.25, 0.3) is 5.56 Å². The second-order valence-electron chi connectivity index (χ2n) is 5.26. The van der Waals surface area contributed by atoms with E-state index in [1.54, 1.807) is 12.1 Å². The average Bonchev–Trinajstić information content (AvgIpc) is 2.98. The summed E-state index contributed by atoms with van der Waals surface area (Å²) in [6.45, 7) is 0. The molecule has 1 aliphatic carbocycles. The lowest BCUT2D eigenvalue weighted by atomic mass is 10.0. The molecular formula is C15H14ClIN2O2. The number of aromatic hydroxyl groups is 1. The summed E-state index contributed by atoms with van der Waals surface area (Å²) >= 11 is 8.00. The molecule has 4 nitrogen and oxygen atoms in total. The van der Waals surface area contributed by atoms with E-state index >= 15 is 0 Å². The van der Waals surface area contributed by atoms with Gasteiger partial charge in [-0.15, -0.1) is 0 Å². The molecule has 0 bridgehead atoms. The molecule has 1 aromatic heterocycles. The van der Waals surface area contributed by atoms with Gasteiger partial charge in [-0.05, 0) is 53.6 Å². The van der Waals surface area contributed by atoms with E-state index in [0.29, 0.717) is 20.9 Å². The number of nitrogens with zero attached hydrogens (tertiary/aromatic N) is 1. The van der Waals surface area contributed by atoms with E-state index < -0.39 is 0 Å². The highest BCUT2D eigenvalue weighted by Crippen LogP contribution is 2.35. The maximum Gasteiger partial charge on any atom is 0.264 e. The predicted molar refractivity (Wildman–Crippen MR) is 90.9 cm³/mol. The van der Waals surface area contributed by atoms with Crippen molar-refractivity contribution in [2.24, 2.45) is 0 Å². The Kier molecular flexibility index (Phi) is 4.21. The van der Waals surface area contributed by atoms with Gasteiger partial charge in [0.05, 0.1) is 14.3 Å². The van der Waals surface area contributed by atoms with Gasteiger partial charge in [-0.1, -0.05) is 24.4 Å². The molecule has 3 rings (SSSR count). The minimum absolute atomic E-state index is 0.0179. The number of aromatic amines is 1. The van der Waals surface area contributed by atoms with E-state index in [2.05, 4.69) is 32.6 Å². The first-order valence-electron chi connectivity index (χ1n) is 6.85. The molecule has 0 amide bonds. The summed E-state index contributed by atoms with van der Waals surface area (Å²) in [5, 5.41) is 9.74. The van der Waals surface area contributed by atoms with Crippen molar-refractivity contribution < 1.29 is 5.11 Å². The van der Waals surface area contributed by atoms with Crippen LogP contribution in [0.5, 0.6) is 5.75 Å². The van der Waals surface area contributed by atoms with Crippen LogP contribution in [0.1, 0.15) is 37.3 Å². The standard InChI is InChI=1S/C15H14ClIN2O2/c16-10-7-9(5-6-11(10)20)14-18-13(8-3-1-2-4-8)12(17)15(21)19-14/h5-8,20H,1-4H2,(H,18,19,21). The third-order valence-corrected chi connectivity index (χ3v) is 5.20. The molecule has 1 aromatic carbocycles. The van der Waals surface area contributed by atoms with Gasteiger partial charge in [-0.3, -0.25) is 4.79 Å². The van der Waals surface area contributed by atoms with E-state index in [-0.39, 0.29) is 16.3 Å². The van der Waals surface area contributed by atoms with Crippen molar-refractivity contribution in [1.82, 2.24) is 9.97 Å². The largest absolute Gasteiger partial charge is 0.506 e. The van der Waals surface area contributed by atoms with Gasteiger partial charge in [0.15, 0.2) is 0 Å². The first kappa shape index (κ1) is 14.8. The molecule has 2 N–H and O–H groups in total. The number of hydrogen-bond donors (Lipinski definition) is 2. The summed E-state index contributed by atoms with van der Waals surface area (Å²) in [5.41, 5.74) is 1.47. The minimum Gasteiger partial charge on any atom is -0.506 e. The fraction of sp³-hybridized carbons (Fsp3) is 0.333. The zero-order chi connectivity index (χ0) is 15.0. The van der Waals surface area contributed by atoms with Crippen molar-refractivity contribution in [3.63, 3.8) is 0 Å². The molecular weight excluding hydrogens is 403 g/mol. The predicted octanol–water partition coefficient (Wildman–Crippen LogP) is 4.06. The smallest absolute Gasteiger partial charge is 0.264 e. The molecule has 0 atom stereocenters. The van der Waals surface area contributed by atoms with E-state index in [4.69, 9.17) is 11.6 Å². The molecule has 110 valence electrons. The highest BCUT2D eigenvalue weighted by Gasteiger charge is 2.23. The molecule has 0 spiro atoms. The van der Waals surface area contributed by atoms with Crippen LogP contribution < -0.4 is 5.56 Å². The van der Waals surface area contributed by atoms with E-state index in [9.17, 15) is 9.90 Å². The van der Waals surface area contributed by atoms with Crippen LogP contribution in [-0.4, -0.2) is 15.1 Å². The molecule has 1 heterocycles. The van der Waals surface area contributed by atoms with Crippen LogP contribution in [0.2, 0.25) is 5.02 Å². The molecule has 0 aliphatic heterocycles. The van der Waals surface area contributed by atoms with Crippen molar-refractivity contribution in [3.8, 4) is 17.1 Å². The molecule has 1 aliphatic rings. The lowest BCUT2D eigenvalue weighted by molar-refractivity contribution is 0.475. The summed E-state index contributed by atoms with van der Waals surface area (Å²) < 4.78 is 0.674. The number of nitrogens with one attached hydrogen (secondary N) is 1. The average molecular weight is 417 g/mol. The van der Waals surface area contributed by atoms with E-state index in [0.717, 1.165) is 18.5 Å². The van der Waals surface area contributed by atoms with Crippen molar-refractivity contribution in [2.75, 3.05) is 0 Å². The summed E-state index contributed by atoms with van der Waals surface area (Å²) in [6, 6.07) is 4.82. The van der Waals surface area contributed by atoms with Gasteiger partial charge in [-0.25, -0.2) is 4.98 Å². The van der Waals surface area contributed by atoms with Crippen LogP contribution in [0.3, 0.4) is 0 Å². The van der Waals surface area contributed by atoms with Gasteiger partial charge < -0.3 is 10.1 Å². The monoisotopic (exact) mass is 416 g/mol. The number of H-pyrrole nitrogens is 1. The Labute approximate surface area is 140 Å². The Morgan fingerprint density at radius 2 is 2.05 bits per heavy atom. The second kappa shape index (κ2) is 5.96.